The molecule has 0 aliphatic carbocycles. The maximum Gasteiger partial charge on any atom is 0.130 e. The fraction of sp³-hybridized carbons (Fsp3) is 0. The van der Waals surface area contributed by atoms with Crippen LogP contribution in [0.25, 0.3) is 12.2 Å². The number of halogens is 1. The molecule has 0 nitrogen and oxygen atoms in total. The topological polar surface area (TPSA) is 0 Å². The van der Waals surface area contributed by atoms with E-state index in [4.69, 9.17) is 0 Å². The Morgan fingerprint density at radius 2 is 1.91 bits per heavy atom. The van der Waals surface area contributed by atoms with Gasteiger partial charge in [0.25, 0.3) is 0 Å². The molecular weight excluding hydrogens is 139 g/mol. The lowest BCUT2D eigenvalue weighted by atomic mass is 10.1. The molecule has 1 rings (SSSR count). The molecular formula is C10H9F. The highest BCUT2D eigenvalue weighted by Crippen LogP contribution is 2.11. The smallest absolute Gasteiger partial charge is 0.130 e. The summed E-state index contributed by atoms with van der Waals surface area (Å²) in [6.07, 6.45) is 3.10. The van der Waals surface area contributed by atoms with E-state index in [2.05, 4.69) is 13.2 Å². The lowest BCUT2D eigenvalue weighted by molar-refractivity contribution is 0.625. The largest absolute Gasteiger partial charge is 0.206 e. The lowest BCUT2D eigenvalue weighted by Gasteiger charge is -1.96. The Bertz CT molecular complexity index is 287. The minimum absolute atomic E-state index is 0.252. The fourth-order valence-electron chi connectivity index (χ4n) is 0.836. The Labute approximate surface area is 65.7 Å². The first kappa shape index (κ1) is 7.73. The minimum atomic E-state index is -0.252. The summed E-state index contributed by atoms with van der Waals surface area (Å²) in [6, 6.07) is 4.91. The van der Waals surface area contributed by atoms with Crippen LogP contribution in [0, 0.1) is 5.82 Å². The zero-order valence-corrected chi connectivity index (χ0v) is 6.18. The van der Waals surface area contributed by atoms with Gasteiger partial charge in [-0.05, 0) is 11.6 Å². The van der Waals surface area contributed by atoms with Crippen molar-refractivity contribution in [3.8, 4) is 0 Å². The maximum absolute atomic E-state index is 12.9. The molecule has 1 aromatic carbocycles. The normalized spacial score (nSPS) is 9.18. The molecule has 0 N–H and O–H groups in total. The lowest BCUT2D eigenvalue weighted by Crippen LogP contribution is -1.81. The number of rotatable bonds is 2. The molecule has 0 radical (unpaired) electrons. The first-order valence-electron chi connectivity index (χ1n) is 3.32. The summed E-state index contributed by atoms with van der Waals surface area (Å²) in [7, 11) is 0. The second kappa shape index (κ2) is 3.15. The van der Waals surface area contributed by atoms with Crippen molar-refractivity contribution in [3.63, 3.8) is 0 Å². The highest BCUT2D eigenvalue weighted by molar-refractivity contribution is 5.54. The number of hydrogen-bond donors (Lipinski definition) is 0. The van der Waals surface area contributed by atoms with Gasteiger partial charge in [-0.3, -0.25) is 0 Å². The van der Waals surface area contributed by atoms with E-state index in [1.54, 1.807) is 18.2 Å². The summed E-state index contributed by atoms with van der Waals surface area (Å²) >= 11 is 0. The van der Waals surface area contributed by atoms with E-state index in [0.717, 1.165) is 5.56 Å². The van der Waals surface area contributed by atoms with Crippen molar-refractivity contribution in [3.05, 3.63) is 48.3 Å². The van der Waals surface area contributed by atoms with Crippen molar-refractivity contribution < 1.29 is 4.39 Å². The van der Waals surface area contributed by atoms with Crippen LogP contribution < -0.4 is 0 Å². The van der Waals surface area contributed by atoms with E-state index >= 15 is 0 Å². The van der Waals surface area contributed by atoms with Crippen LogP contribution in [-0.2, 0) is 0 Å². The van der Waals surface area contributed by atoms with Gasteiger partial charge in [0.05, 0.1) is 0 Å². The average Bonchev–Trinajstić information content (AvgIpc) is 2.04. The molecule has 1 heteroatoms. The first-order chi connectivity index (χ1) is 5.27. The van der Waals surface area contributed by atoms with Crippen LogP contribution in [-0.4, -0.2) is 0 Å². The van der Waals surface area contributed by atoms with E-state index in [9.17, 15) is 4.39 Å². The van der Waals surface area contributed by atoms with Gasteiger partial charge in [0.2, 0.25) is 0 Å². The van der Waals surface area contributed by atoms with Gasteiger partial charge in [0.1, 0.15) is 5.82 Å². The third kappa shape index (κ3) is 1.55. The molecule has 56 valence electrons. The predicted octanol–water partition coefficient (Wildman–Crippen LogP) is 3.11. The molecule has 0 unspecified atom stereocenters. The Morgan fingerprint density at radius 3 is 2.36 bits per heavy atom. The Balaban J connectivity index is 3.18. The van der Waals surface area contributed by atoms with Crippen LogP contribution in [0.2, 0.25) is 0 Å². The Morgan fingerprint density at radius 1 is 1.18 bits per heavy atom. The Hall–Kier alpha value is -1.37. The molecule has 0 aliphatic heterocycles. The summed E-state index contributed by atoms with van der Waals surface area (Å²) in [4.78, 5) is 0. The molecule has 0 saturated carbocycles. The molecule has 0 heterocycles. The highest BCUT2D eigenvalue weighted by Gasteiger charge is 1.96. The molecule has 0 bridgehead atoms. The third-order valence-electron chi connectivity index (χ3n) is 1.48. The van der Waals surface area contributed by atoms with Crippen LogP contribution in [0.5, 0.6) is 0 Å². The van der Waals surface area contributed by atoms with Crippen molar-refractivity contribution in [1.29, 1.82) is 0 Å². The monoisotopic (exact) mass is 148 g/mol. The van der Waals surface area contributed by atoms with Gasteiger partial charge in [-0.2, -0.15) is 0 Å². The molecule has 0 amide bonds. The van der Waals surface area contributed by atoms with Crippen LogP contribution >= 0.6 is 0 Å². The molecule has 0 fully saturated rings. The van der Waals surface area contributed by atoms with Crippen LogP contribution in [0.4, 0.5) is 4.39 Å². The van der Waals surface area contributed by atoms with E-state index < -0.39 is 0 Å². The van der Waals surface area contributed by atoms with Gasteiger partial charge in [-0.25, -0.2) is 4.39 Å². The second-order valence-electron chi connectivity index (χ2n) is 2.19. The van der Waals surface area contributed by atoms with Crippen molar-refractivity contribution in [1.82, 2.24) is 0 Å². The SMILES string of the molecule is C=Cc1ccc(C=C)c(F)c1. The average molecular weight is 148 g/mol. The standard InChI is InChI=1S/C10H9F/c1-3-8-5-6-9(4-2)10(11)7-8/h3-7H,1-2H2. The molecule has 0 aliphatic rings. The molecule has 11 heavy (non-hydrogen) atoms. The van der Waals surface area contributed by atoms with E-state index in [1.807, 2.05) is 0 Å². The zero-order chi connectivity index (χ0) is 8.27. The van der Waals surface area contributed by atoms with Gasteiger partial charge >= 0.3 is 0 Å². The van der Waals surface area contributed by atoms with Crippen LogP contribution in [0.1, 0.15) is 11.1 Å². The Kier molecular flexibility index (Phi) is 2.21. The summed E-state index contributed by atoms with van der Waals surface area (Å²) in [5, 5.41) is 0. The minimum Gasteiger partial charge on any atom is -0.206 e. The molecule has 0 atom stereocenters. The van der Waals surface area contributed by atoms with Crippen molar-refractivity contribution in [2.24, 2.45) is 0 Å². The fourth-order valence-corrected chi connectivity index (χ4v) is 0.836. The number of hydrogen-bond acceptors (Lipinski definition) is 0. The molecule has 0 aromatic heterocycles. The number of benzene rings is 1. The van der Waals surface area contributed by atoms with E-state index in [0.29, 0.717) is 5.56 Å². The first-order valence-corrected chi connectivity index (χ1v) is 3.32. The molecule has 1 aromatic rings. The quantitative estimate of drug-likeness (QED) is 0.604. The van der Waals surface area contributed by atoms with Gasteiger partial charge < -0.3 is 0 Å². The summed E-state index contributed by atoms with van der Waals surface area (Å²) in [6.45, 7) is 7.02. The summed E-state index contributed by atoms with van der Waals surface area (Å²) < 4.78 is 12.9. The third-order valence-corrected chi connectivity index (χ3v) is 1.48. The summed E-state index contributed by atoms with van der Waals surface area (Å²) in [5.41, 5.74) is 1.31. The second-order valence-corrected chi connectivity index (χ2v) is 2.19. The highest BCUT2D eigenvalue weighted by atomic mass is 19.1. The maximum atomic E-state index is 12.9. The van der Waals surface area contributed by atoms with Crippen molar-refractivity contribution >= 4 is 12.2 Å². The van der Waals surface area contributed by atoms with Gasteiger partial charge in [-0.1, -0.05) is 37.4 Å². The van der Waals surface area contributed by atoms with Crippen molar-refractivity contribution in [2.45, 2.75) is 0 Å². The molecule has 0 spiro atoms. The van der Waals surface area contributed by atoms with Gasteiger partial charge in [0.15, 0.2) is 0 Å². The van der Waals surface area contributed by atoms with Crippen LogP contribution in [0.3, 0.4) is 0 Å². The summed E-state index contributed by atoms with van der Waals surface area (Å²) in [5.74, 6) is -0.252. The van der Waals surface area contributed by atoms with Gasteiger partial charge in [0, 0.05) is 5.56 Å². The van der Waals surface area contributed by atoms with E-state index in [1.165, 1.54) is 12.1 Å². The predicted molar refractivity (Wildman–Crippen MR) is 46.6 cm³/mol. The van der Waals surface area contributed by atoms with Crippen molar-refractivity contribution in [2.75, 3.05) is 0 Å². The van der Waals surface area contributed by atoms with E-state index in [-0.39, 0.29) is 5.82 Å². The molecule has 0 saturated heterocycles. The van der Waals surface area contributed by atoms with Crippen LogP contribution in [0.15, 0.2) is 31.4 Å². The van der Waals surface area contributed by atoms with Gasteiger partial charge in [-0.15, -0.1) is 0 Å². The zero-order valence-electron chi connectivity index (χ0n) is 6.18.